The molecule has 8 heteroatoms. The Morgan fingerprint density at radius 1 is 1.09 bits per heavy atom. The summed E-state index contributed by atoms with van der Waals surface area (Å²) in [6.45, 7) is 1.95. The van der Waals surface area contributed by atoms with Crippen LogP contribution in [-0.2, 0) is 11.3 Å². The Hall–Kier alpha value is -3.45. The Kier molecular flexibility index (Phi) is 6.68. The number of carbonyl (C=O) groups excluding carboxylic acids is 2. The molecule has 1 aromatic heterocycles. The van der Waals surface area contributed by atoms with Crippen LogP contribution in [-0.4, -0.2) is 44.7 Å². The Morgan fingerprint density at radius 2 is 1.91 bits per heavy atom. The summed E-state index contributed by atoms with van der Waals surface area (Å²) in [6.07, 6.45) is 5.95. The minimum absolute atomic E-state index is 0.0384. The zero-order chi connectivity index (χ0) is 24.4. The molecule has 0 saturated carbocycles. The summed E-state index contributed by atoms with van der Waals surface area (Å²) in [4.78, 5) is 38.4. The number of nitrogens with zero attached hydrogens (tertiary/aromatic N) is 4. The normalized spacial score (nSPS) is 18.2. The summed E-state index contributed by atoms with van der Waals surface area (Å²) < 4.78 is 0. The molecule has 1 atom stereocenters. The fourth-order valence-electron chi connectivity index (χ4n) is 5.03. The van der Waals surface area contributed by atoms with Gasteiger partial charge in [-0.2, -0.15) is 0 Å². The molecule has 0 aliphatic carbocycles. The summed E-state index contributed by atoms with van der Waals surface area (Å²) in [5.41, 5.74) is 10.1. The molecule has 7 nitrogen and oxygen atoms in total. The first-order chi connectivity index (χ1) is 17.0. The first-order valence-electron chi connectivity index (χ1n) is 12.1. The molecular formula is C27H28ClN5O2. The number of aromatic nitrogens is 2. The summed E-state index contributed by atoms with van der Waals surface area (Å²) in [7, 11) is 0. The third kappa shape index (κ3) is 5.00. The van der Waals surface area contributed by atoms with Gasteiger partial charge in [0.2, 0.25) is 11.9 Å². The first-order valence-corrected chi connectivity index (χ1v) is 12.4. The van der Waals surface area contributed by atoms with Gasteiger partial charge in [0.1, 0.15) is 0 Å². The molecule has 2 amide bonds. The SMILES string of the molecule is Nc1ncc(-c2ccc(Cl)cc2)c([C@H]2CCCCN2C(=O)c2cccc(CN3CCCC3=O)c2)n1. The maximum Gasteiger partial charge on any atom is 0.254 e. The van der Waals surface area contributed by atoms with Crippen LogP contribution in [0.3, 0.4) is 0 Å². The smallest absolute Gasteiger partial charge is 0.254 e. The topological polar surface area (TPSA) is 92.4 Å². The van der Waals surface area contributed by atoms with E-state index in [1.807, 2.05) is 58.3 Å². The van der Waals surface area contributed by atoms with Crippen molar-refractivity contribution in [3.8, 4) is 11.1 Å². The molecular weight excluding hydrogens is 462 g/mol. The number of hydrogen-bond acceptors (Lipinski definition) is 5. The zero-order valence-electron chi connectivity index (χ0n) is 19.5. The fourth-order valence-corrected chi connectivity index (χ4v) is 5.16. The Morgan fingerprint density at radius 3 is 2.69 bits per heavy atom. The van der Waals surface area contributed by atoms with E-state index >= 15 is 0 Å². The Bertz CT molecular complexity index is 1250. The van der Waals surface area contributed by atoms with Crippen LogP contribution >= 0.6 is 11.6 Å². The standard InChI is InChI=1S/C27H28ClN5O2/c28-21-11-9-19(10-12-21)22-16-30-27(29)31-25(22)23-7-1-2-14-33(23)26(35)20-6-3-5-18(15-20)17-32-13-4-8-24(32)34/h3,5-6,9-12,15-16,23H,1-2,4,7-8,13-14,17H2,(H2,29,30,31)/t23-/m1/s1. The van der Waals surface area contributed by atoms with Gasteiger partial charge in [0, 0.05) is 48.4 Å². The Labute approximate surface area is 209 Å². The second-order valence-electron chi connectivity index (χ2n) is 9.16. The van der Waals surface area contributed by atoms with Crippen molar-refractivity contribution in [2.75, 3.05) is 18.8 Å². The average molecular weight is 490 g/mol. The lowest BCUT2D eigenvalue weighted by Gasteiger charge is -2.36. The van der Waals surface area contributed by atoms with Gasteiger partial charge in [0.15, 0.2) is 0 Å². The van der Waals surface area contributed by atoms with Crippen molar-refractivity contribution < 1.29 is 9.59 Å². The number of piperidine rings is 1. The van der Waals surface area contributed by atoms with Crippen LogP contribution in [0.25, 0.3) is 11.1 Å². The van der Waals surface area contributed by atoms with E-state index in [9.17, 15) is 9.59 Å². The van der Waals surface area contributed by atoms with E-state index in [0.717, 1.165) is 54.6 Å². The zero-order valence-corrected chi connectivity index (χ0v) is 20.2. The van der Waals surface area contributed by atoms with Crippen molar-refractivity contribution >= 4 is 29.4 Å². The van der Waals surface area contributed by atoms with Crippen molar-refractivity contribution in [1.29, 1.82) is 0 Å². The van der Waals surface area contributed by atoms with Crippen LogP contribution in [0.1, 0.15) is 59.8 Å². The summed E-state index contributed by atoms with van der Waals surface area (Å²) in [5.74, 6) is 0.324. The van der Waals surface area contributed by atoms with E-state index in [2.05, 4.69) is 9.97 Å². The molecule has 0 spiro atoms. The van der Waals surface area contributed by atoms with Gasteiger partial charge in [0.25, 0.3) is 5.91 Å². The van der Waals surface area contributed by atoms with Crippen molar-refractivity contribution in [1.82, 2.24) is 19.8 Å². The van der Waals surface area contributed by atoms with Crippen LogP contribution in [0.15, 0.2) is 54.7 Å². The van der Waals surface area contributed by atoms with Gasteiger partial charge in [-0.25, -0.2) is 9.97 Å². The molecule has 3 heterocycles. The molecule has 2 N–H and O–H groups in total. The summed E-state index contributed by atoms with van der Waals surface area (Å²) in [6, 6.07) is 14.9. The van der Waals surface area contributed by atoms with E-state index in [0.29, 0.717) is 30.1 Å². The van der Waals surface area contributed by atoms with Crippen molar-refractivity contribution in [2.45, 2.75) is 44.7 Å². The molecule has 2 fully saturated rings. The monoisotopic (exact) mass is 489 g/mol. The largest absolute Gasteiger partial charge is 0.368 e. The molecule has 0 unspecified atom stereocenters. The summed E-state index contributed by atoms with van der Waals surface area (Å²) >= 11 is 6.09. The van der Waals surface area contributed by atoms with Gasteiger partial charge >= 0.3 is 0 Å². The van der Waals surface area contributed by atoms with Crippen LogP contribution in [0.4, 0.5) is 5.95 Å². The second-order valence-corrected chi connectivity index (χ2v) is 9.60. The molecule has 0 radical (unpaired) electrons. The molecule has 0 bridgehead atoms. The second kappa shape index (κ2) is 10.0. The highest BCUT2D eigenvalue weighted by Crippen LogP contribution is 2.37. The number of amides is 2. The number of benzene rings is 2. The van der Waals surface area contributed by atoms with E-state index in [-0.39, 0.29) is 23.8 Å². The van der Waals surface area contributed by atoms with E-state index in [1.165, 1.54) is 0 Å². The number of nitrogens with two attached hydrogens (primary N) is 1. The predicted molar refractivity (Wildman–Crippen MR) is 136 cm³/mol. The highest BCUT2D eigenvalue weighted by Gasteiger charge is 2.32. The van der Waals surface area contributed by atoms with Crippen LogP contribution < -0.4 is 5.73 Å². The van der Waals surface area contributed by atoms with Crippen LogP contribution in [0.5, 0.6) is 0 Å². The Balaban J connectivity index is 1.45. The van der Waals surface area contributed by atoms with Gasteiger partial charge < -0.3 is 15.5 Å². The number of anilines is 1. The molecule has 180 valence electrons. The van der Waals surface area contributed by atoms with Gasteiger partial charge in [0.05, 0.1) is 11.7 Å². The molecule has 2 saturated heterocycles. The van der Waals surface area contributed by atoms with Crippen molar-refractivity contribution in [3.63, 3.8) is 0 Å². The maximum absolute atomic E-state index is 13.8. The van der Waals surface area contributed by atoms with Gasteiger partial charge in [-0.05, 0) is 61.1 Å². The van der Waals surface area contributed by atoms with Crippen LogP contribution in [0.2, 0.25) is 5.02 Å². The number of rotatable bonds is 5. The highest BCUT2D eigenvalue weighted by molar-refractivity contribution is 6.30. The molecule has 2 aliphatic rings. The third-order valence-electron chi connectivity index (χ3n) is 6.79. The lowest BCUT2D eigenvalue weighted by Crippen LogP contribution is -2.39. The van der Waals surface area contributed by atoms with E-state index in [1.54, 1.807) is 6.20 Å². The molecule has 2 aromatic carbocycles. The number of nitrogen functional groups attached to an aromatic ring is 1. The number of carbonyl (C=O) groups is 2. The van der Waals surface area contributed by atoms with Crippen molar-refractivity contribution in [2.24, 2.45) is 0 Å². The van der Waals surface area contributed by atoms with Crippen molar-refractivity contribution in [3.05, 3.63) is 76.6 Å². The third-order valence-corrected chi connectivity index (χ3v) is 7.04. The van der Waals surface area contributed by atoms with Gasteiger partial charge in [-0.1, -0.05) is 35.9 Å². The minimum Gasteiger partial charge on any atom is -0.368 e. The average Bonchev–Trinajstić information content (AvgIpc) is 3.28. The predicted octanol–water partition coefficient (Wildman–Crippen LogP) is 4.87. The van der Waals surface area contributed by atoms with Gasteiger partial charge in [-0.15, -0.1) is 0 Å². The minimum atomic E-state index is -0.212. The molecule has 3 aromatic rings. The maximum atomic E-state index is 13.8. The highest BCUT2D eigenvalue weighted by atomic mass is 35.5. The molecule has 2 aliphatic heterocycles. The number of hydrogen-bond donors (Lipinski definition) is 1. The lowest BCUT2D eigenvalue weighted by molar-refractivity contribution is -0.128. The first kappa shape index (κ1) is 23.3. The lowest BCUT2D eigenvalue weighted by atomic mass is 9.93. The summed E-state index contributed by atoms with van der Waals surface area (Å²) in [5, 5.41) is 0.650. The fraction of sp³-hybridized carbons (Fsp3) is 0.333. The van der Waals surface area contributed by atoms with Gasteiger partial charge in [-0.3, -0.25) is 9.59 Å². The quantitative estimate of drug-likeness (QED) is 0.552. The molecule has 35 heavy (non-hydrogen) atoms. The molecule has 5 rings (SSSR count). The number of likely N-dealkylation sites (tertiary alicyclic amines) is 2. The van der Waals surface area contributed by atoms with E-state index < -0.39 is 0 Å². The van der Waals surface area contributed by atoms with E-state index in [4.69, 9.17) is 17.3 Å². The van der Waals surface area contributed by atoms with Crippen LogP contribution in [0, 0.1) is 0 Å². The number of halogens is 1.